The van der Waals surface area contributed by atoms with E-state index in [0.717, 1.165) is 11.1 Å². The molecule has 0 fully saturated rings. The fourth-order valence-corrected chi connectivity index (χ4v) is 1.83. The zero-order chi connectivity index (χ0) is 12.4. The summed E-state index contributed by atoms with van der Waals surface area (Å²) >= 11 is 5.83. The summed E-state index contributed by atoms with van der Waals surface area (Å²) in [6.07, 6.45) is 0. The highest BCUT2D eigenvalue weighted by molar-refractivity contribution is 6.30. The third kappa shape index (κ3) is 2.34. The topological polar surface area (TPSA) is 39.4 Å². The summed E-state index contributed by atoms with van der Waals surface area (Å²) in [4.78, 5) is 11.2. The highest BCUT2D eigenvalue weighted by atomic mass is 35.5. The third-order valence-corrected chi connectivity index (χ3v) is 2.71. The van der Waals surface area contributed by atoms with E-state index in [1.807, 2.05) is 12.1 Å². The van der Waals surface area contributed by atoms with Crippen molar-refractivity contribution in [3.8, 4) is 16.9 Å². The van der Waals surface area contributed by atoms with Gasteiger partial charge in [-0.25, -0.2) is 4.79 Å². The van der Waals surface area contributed by atoms with Crippen molar-refractivity contribution in [2.75, 3.05) is 7.11 Å². The van der Waals surface area contributed by atoms with E-state index < -0.39 is 5.63 Å². The van der Waals surface area contributed by atoms with Gasteiger partial charge in [0.25, 0.3) is 0 Å². The lowest BCUT2D eigenvalue weighted by molar-refractivity contribution is 0.399. The van der Waals surface area contributed by atoms with Crippen LogP contribution in [-0.4, -0.2) is 7.11 Å². The summed E-state index contributed by atoms with van der Waals surface area (Å²) in [6, 6.07) is 8.60. The van der Waals surface area contributed by atoms with Gasteiger partial charge in [-0.1, -0.05) is 23.7 Å². The molecule has 17 heavy (non-hydrogen) atoms. The quantitative estimate of drug-likeness (QED) is 0.821. The van der Waals surface area contributed by atoms with Crippen LogP contribution in [-0.2, 0) is 0 Å². The Morgan fingerprint density at radius 2 is 1.88 bits per heavy atom. The zero-order valence-electron chi connectivity index (χ0n) is 9.49. The molecule has 1 heterocycles. The van der Waals surface area contributed by atoms with Gasteiger partial charge in [0, 0.05) is 5.02 Å². The minimum absolute atomic E-state index is 0.419. The molecule has 2 rings (SSSR count). The van der Waals surface area contributed by atoms with E-state index in [9.17, 15) is 4.79 Å². The minimum atomic E-state index is -0.419. The fraction of sp³-hybridized carbons (Fsp3) is 0.154. The maximum atomic E-state index is 11.2. The van der Waals surface area contributed by atoms with Crippen LogP contribution in [0.2, 0.25) is 5.02 Å². The largest absolute Gasteiger partial charge is 0.496 e. The molecule has 88 valence electrons. The lowest BCUT2D eigenvalue weighted by Crippen LogP contribution is -2.02. The molecule has 0 saturated carbocycles. The average molecular weight is 251 g/mol. The van der Waals surface area contributed by atoms with E-state index in [0.29, 0.717) is 16.5 Å². The van der Waals surface area contributed by atoms with Gasteiger partial charge in [-0.15, -0.1) is 0 Å². The first-order chi connectivity index (χ1) is 8.11. The molecule has 0 radical (unpaired) electrons. The van der Waals surface area contributed by atoms with Crippen LogP contribution >= 0.6 is 11.6 Å². The number of hydrogen-bond donors (Lipinski definition) is 0. The van der Waals surface area contributed by atoms with Gasteiger partial charge in [-0.05, 0) is 24.6 Å². The molecule has 0 saturated heterocycles. The highest BCUT2D eigenvalue weighted by Gasteiger charge is 2.12. The van der Waals surface area contributed by atoms with Crippen molar-refractivity contribution in [3.05, 3.63) is 51.5 Å². The summed E-state index contributed by atoms with van der Waals surface area (Å²) in [5.74, 6) is 1.03. The number of benzene rings is 1. The van der Waals surface area contributed by atoms with Gasteiger partial charge in [-0.2, -0.15) is 0 Å². The Morgan fingerprint density at radius 1 is 1.24 bits per heavy atom. The van der Waals surface area contributed by atoms with Gasteiger partial charge in [0.1, 0.15) is 11.5 Å². The van der Waals surface area contributed by atoms with Crippen molar-refractivity contribution in [1.29, 1.82) is 0 Å². The third-order valence-electron chi connectivity index (χ3n) is 2.45. The Kier molecular flexibility index (Phi) is 3.20. The zero-order valence-corrected chi connectivity index (χ0v) is 10.2. The van der Waals surface area contributed by atoms with Crippen molar-refractivity contribution in [2.45, 2.75) is 6.92 Å². The van der Waals surface area contributed by atoms with Crippen molar-refractivity contribution in [1.82, 2.24) is 0 Å². The van der Waals surface area contributed by atoms with E-state index in [4.69, 9.17) is 20.8 Å². The summed E-state index contributed by atoms with van der Waals surface area (Å²) in [5, 5.41) is 0.655. The molecule has 0 N–H and O–H groups in total. The number of methoxy groups -OCH3 is 1. The summed E-state index contributed by atoms with van der Waals surface area (Å²) in [6.45, 7) is 1.73. The van der Waals surface area contributed by atoms with Gasteiger partial charge in [0.2, 0.25) is 0 Å². The molecule has 0 aliphatic heterocycles. The Balaban J connectivity index is 2.65. The lowest BCUT2D eigenvalue weighted by Gasteiger charge is -2.09. The molecule has 0 spiro atoms. The van der Waals surface area contributed by atoms with Gasteiger partial charge in [-0.3, -0.25) is 0 Å². The number of rotatable bonds is 2. The number of halogens is 1. The van der Waals surface area contributed by atoms with Crippen LogP contribution in [0.4, 0.5) is 0 Å². The minimum Gasteiger partial charge on any atom is -0.496 e. The predicted octanol–water partition coefficient (Wildman–Crippen LogP) is 3.28. The molecule has 0 unspecified atom stereocenters. The second kappa shape index (κ2) is 4.63. The Labute approximate surface area is 104 Å². The highest BCUT2D eigenvalue weighted by Crippen LogP contribution is 2.32. The van der Waals surface area contributed by atoms with E-state index in [2.05, 4.69) is 0 Å². The van der Waals surface area contributed by atoms with Crippen LogP contribution in [0.25, 0.3) is 11.1 Å². The van der Waals surface area contributed by atoms with Crippen molar-refractivity contribution in [3.63, 3.8) is 0 Å². The fourth-order valence-electron chi connectivity index (χ4n) is 1.71. The second-order valence-corrected chi connectivity index (χ2v) is 4.01. The van der Waals surface area contributed by atoms with E-state index >= 15 is 0 Å². The Hall–Kier alpha value is -1.74. The average Bonchev–Trinajstić information content (AvgIpc) is 2.30. The van der Waals surface area contributed by atoms with Crippen molar-refractivity contribution < 1.29 is 9.15 Å². The molecule has 1 aromatic carbocycles. The lowest BCUT2D eigenvalue weighted by atomic mass is 10.0. The Bertz CT molecular complexity index is 585. The standard InChI is InChI=1S/C13H11ClO3/c1-8-13(9-3-5-10(14)6-4-9)11(16-2)7-12(15)17-8/h3-7H,1-2H3. The SMILES string of the molecule is COc1cc(=O)oc(C)c1-c1ccc(Cl)cc1. The van der Waals surface area contributed by atoms with E-state index in [1.165, 1.54) is 13.2 Å². The maximum Gasteiger partial charge on any atom is 0.339 e. The molecular formula is C13H11ClO3. The molecule has 0 aliphatic carbocycles. The molecule has 2 aromatic rings. The van der Waals surface area contributed by atoms with Crippen LogP contribution in [0.5, 0.6) is 5.75 Å². The second-order valence-electron chi connectivity index (χ2n) is 3.57. The van der Waals surface area contributed by atoms with Gasteiger partial charge in [0.15, 0.2) is 0 Å². The van der Waals surface area contributed by atoms with Crippen LogP contribution < -0.4 is 10.4 Å². The maximum absolute atomic E-state index is 11.2. The van der Waals surface area contributed by atoms with Gasteiger partial charge < -0.3 is 9.15 Å². The first-order valence-electron chi connectivity index (χ1n) is 5.06. The number of aryl methyl sites for hydroxylation is 1. The Morgan fingerprint density at radius 3 is 2.47 bits per heavy atom. The van der Waals surface area contributed by atoms with Crippen LogP contribution in [0.3, 0.4) is 0 Å². The molecule has 0 atom stereocenters. The van der Waals surface area contributed by atoms with E-state index in [1.54, 1.807) is 19.1 Å². The van der Waals surface area contributed by atoms with Gasteiger partial charge in [0.05, 0.1) is 18.7 Å². The predicted molar refractivity (Wildman–Crippen MR) is 66.7 cm³/mol. The first-order valence-corrected chi connectivity index (χ1v) is 5.44. The van der Waals surface area contributed by atoms with Crippen LogP contribution in [0.1, 0.15) is 5.76 Å². The van der Waals surface area contributed by atoms with Crippen LogP contribution in [0.15, 0.2) is 39.5 Å². The normalized spacial score (nSPS) is 10.3. The summed E-state index contributed by atoms with van der Waals surface area (Å²) in [5.41, 5.74) is 1.24. The molecule has 0 aliphatic rings. The molecular weight excluding hydrogens is 240 g/mol. The van der Waals surface area contributed by atoms with Gasteiger partial charge >= 0.3 is 5.63 Å². The number of hydrogen-bond acceptors (Lipinski definition) is 3. The smallest absolute Gasteiger partial charge is 0.339 e. The molecule has 0 amide bonds. The monoisotopic (exact) mass is 250 g/mol. The van der Waals surface area contributed by atoms with Crippen LogP contribution in [0, 0.1) is 6.92 Å². The first kappa shape index (κ1) is 11.7. The van der Waals surface area contributed by atoms with E-state index in [-0.39, 0.29) is 0 Å². The molecule has 3 nitrogen and oxygen atoms in total. The molecule has 4 heteroatoms. The van der Waals surface area contributed by atoms with Crippen molar-refractivity contribution in [2.24, 2.45) is 0 Å². The molecule has 1 aromatic heterocycles. The summed E-state index contributed by atoms with van der Waals surface area (Å²) in [7, 11) is 1.52. The summed E-state index contributed by atoms with van der Waals surface area (Å²) < 4.78 is 10.3. The molecule has 0 bridgehead atoms. The number of ether oxygens (including phenoxy) is 1. The van der Waals surface area contributed by atoms with Crippen molar-refractivity contribution >= 4 is 11.6 Å².